The Morgan fingerprint density at radius 3 is 2.21 bits per heavy atom. The monoisotopic (exact) mass is 608 g/mol. The van der Waals surface area contributed by atoms with Crippen molar-refractivity contribution in [1.29, 1.82) is 0 Å². The van der Waals surface area contributed by atoms with E-state index in [9.17, 15) is 49.1 Å². The second-order valence-corrected chi connectivity index (χ2v) is 10.1. The van der Waals surface area contributed by atoms with Crippen LogP contribution in [0.3, 0.4) is 0 Å². The molecular weight excluding hydrogens is 571 g/mol. The first kappa shape index (κ1) is 33.9. The number of nitrogens with zero attached hydrogens (tertiary/aromatic N) is 1. The number of ether oxygens (including phenoxy) is 5. The normalized spacial score (nSPS) is 33.3. The summed E-state index contributed by atoms with van der Waals surface area (Å²) in [4.78, 5) is 49.6. The van der Waals surface area contributed by atoms with Crippen molar-refractivity contribution in [2.45, 2.75) is 68.6 Å². The number of rotatable bonds is 12. The van der Waals surface area contributed by atoms with Crippen molar-refractivity contribution in [3.8, 4) is 0 Å². The molecule has 2 aliphatic heterocycles. The van der Waals surface area contributed by atoms with Crippen LogP contribution in [0.4, 0.5) is 4.39 Å². The van der Waals surface area contributed by atoms with E-state index in [0.29, 0.717) is 12.6 Å². The van der Waals surface area contributed by atoms with E-state index in [1.165, 1.54) is 7.11 Å². The van der Waals surface area contributed by atoms with Gasteiger partial charge in [-0.05, 0) is 6.42 Å². The highest BCUT2D eigenvalue weighted by atomic mass is 19.1. The highest BCUT2D eigenvalue weighted by Crippen LogP contribution is 2.31. The largest absolute Gasteiger partial charge is 0.456 e. The van der Waals surface area contributed by atoms with Gasteiger partial charge in [0, 0.05) is 18.9 Å². The Labute approximate surface area is 238 Å². The number of aliphatic hydroxyl groups is 5. The lowest BCUT2D eigenvalue weighted by atomic mass is 9.85. The molecule has 0 aromatic carbocycles. The summed E-state index contributed by atoms with van der Waals surface area (Å²) in [6, 6.07) is 0. The Balaban J connectivity index is 1.68. The lowest BCUT2D eigenvalue weighted by molar-refractivity contribution is -0.245. The Hall–Kier alpha value is -2.61. The van der Waals surface area contributed by atoms with Gasteiger partial charge in [0.15, 0.2) is 6.10 Å². The minimum Gasteiger partial charge on any atom is -0.456 e. The summed E-state index contributed by atoms with van der Waals surface area (Å²) in [5, 5.41) is 51.5. The van der Waals surface area contributed by atoms with Crippen LogP contribution in [-0.4, -0.2) is 136 Å². The first-order chi connectivity index (χ1) is 20.0. The average molecular weight is 609 g/mol. The van der Waals surface area contributed by atoms with E-state index < -0.39 is 103 Å². The van der Waals surface area contributed by atoms with Crippen molar-refractivity contribution in [2.75, 3.05) is 40.1 Å². The fourth-order valence-corrected chi connectivity index (χ4v) is 5.19. The van der Waals surface area contributed by atoms with E-state index in [2.05, 4.69) is 0 Å². The van der Waals surface area contributed by atoms with Gasteiger partial charge in [0.1, 0.15) is 30.8 Å². The van der Waals surface area contributed by atoms with Crippen molar-refractivity contribution in [1.82, 2.24) is 9.55 Å². The van der Waals surface area contributed by atoms with Gasteiger partial charge < -0.3 is 49.2 Å². The van der Waals surface area contributed by atoms with Gasteiger partial charge in [0.2, 0.25) is 11.7 Å². The minimum atomic E-state index is -1.53. The zero-order valence-electron chi connectivity index (χ0n) is 23.0. The number of aromatic amines is 1. The maximum atomic E-state index is 13.5. The first-order valence-electron chi connectivity index (χ1n) is 13.3. The smallest absolute Gasteiger partial charge is 0.335 e. The molecule has 2 aliphatic rings. The van der Waals surface area contributed by atoms with Crippen LogP contribution in [0.2, 0.25) is 0 Å². The number of aromatic nitrogens is 2. The fourth-order valence-electron chi connectivity index (χ4n) is 5.19. The number of nitrogens with one attached hydrogen (secondary N) is 1. The van der Waals surface area contributed by atoms with Crippen molar-refractivity contribution in [2.24, 2.45) is 11.8 Å². The molecular formula is C25H37FN2O14. The molecule has 3 rings (SSSR count). The number of esters is 1. The molecule has 2 fully saturated rings. The summed E-state index contributed by atoms with van der Waals surface area (Å²) in [6.07, 6.45) is -9.60. The number of carbonyl (C=O) groups is 2. The Kier molecular flexibility index (Phi) is 12.3. The van der Waals surface area contributed by atoms with Crippen LogP contribution >= 0.6 is 0 Å². The molecule has 1 aromatic rings. The number of hydrogen-bond acceptors (Lipinski definition) is 14. The summed E-state index contributed by atoms with van der Waals surface area (Å²) in [6.45, 7) is 0.0628. The third-order valence-electron chi connectivity index (χ3n) is 7.45. The van der Waals surface area contributed by atoms with Gasteiger partial charge in [-0.25, -0.2) is 9.36 Å². The van der Waals surface area contributed by atoms with Gasteiger partial charge in [-0.15, -0.1) is 0 Å². The second kappa shape index (κ2) is 15.2. The molecule has 0 aliphatic carbocycles. The Morgan fingerprint density at radius 2 is 1.60 bits per heavy atom. The highest BCUT2D eigenvalue weighted by Gasteiger charge is 2.48. The summed E-state index contributed by atoms with van der Waals surface area (Å²) in [5.74, 6) is -5.36. The topological polar surface area (TPSA) is 236 Å². The SMILES string of the molecule is CC[C@H]1C(CO)O[C@@H](COC[C@@H]2C(CO)O[C@H](COC)C(OC(=O)CC(=O)n3cc(F)c(=O)[nH]c3=O)[C@@H]2O)C(O)[C@@H]1O. The van der Waals surface area contributed by atoms with E-state index in [1.54, 1.807) is 11.9 Å². The van der Waals surface area contributed by atoms with Crippen LogP contribution in [0.25, 0.3) is 0 Å². The molecule has 0 spiro atoms. The van der Waals surface area contributed by atoms with E-state index in [4.69, 9.17) is 23.7 Å². The van der Waals surface area contributed by atoms with Crippen molar-refractivity contribution >= 4 is 11.9 Å². The van der Waals surface area contributed by atoms with Crippen LogP contribution in [-0.2, 0) is 28.5 Å². The van der Waals surface area contributed by atoms with Crippen LogP contribution in [0.1, 0.15) is 24.6 Å². The number of carbonyl (C=O) groups excluding carboxylic acids is 2. The van der Waals surface area contributed by atoms with Crippen LogP contribution in [0.15, 0.2) is 15.8 Å². The number of halogens is 1. The molecule has 10 atom stereocenters. The predicted molar refractivity (Wildman–Crippen MR) is 136 cm³/mol. The van der Waals surface area contributed by atoms with Gasteiger partial charge in [-0.1, -0.05) is 6.92 Å². The van der Waals surface area contributed by atoms with Gasteiger partial charge in [-0.3, -0.25) is 19.4 Å². The van der Waals surface area contributed by atoms with Crippen LogP contribution in [0, 0.1) is 17.7 Å². The number of H-pyrrole nitrogens is 1. The zero-order chi connectivity index (χ0) is 31.1. The molecule has 0 amide bonds. The van der Waals surface area contributed by atoms with Gasteiger partial charge in [0.25, 0.3) is 5.56 Å². The Bertz CT molecular complexity index is 1170. The molecule has 2 saturated heterocycles. The Morgan fingerprint density at radius 1 is 0.952 bits per heavy atom. The molecule has 6 N–H and O–H groups in total. The van der Waals surface area contributed by atoms with Crippen molar-refractivity contribution in [3.05, 3.63) is 32.9 Å². The summed E-state index contributed by atoms with van der Waals surface area (Å²) < 4.78 is 41.2. The van der Waals surface area contributed by atoms with E-state index in [-0.39, 0.29) is 31.0 Å². The maximum absolute atomic E-state index is 13.5. The summed E-state index contributed by atoms with van der Waals surface area (Å²) >= 11 is 0. The molecule has 16 nitrogen and oxygen atoms in total. The quantitative estimate of drug-likeness (QED) is 0.0999. The van der Waals surface area contributed by atoms with Gasteiger partial charge in [-0.2, -0.15) is 4.39 Å². The zero-order valence-corrected chi connectivity index (χ0v) is 23.0. The lowest BCUT2D eigenvalue weighted by Crippen LogP contribution is -2.60. The van der Waals surface area contributed by atoms with Crippen LogP contribution < -0.4 is 11.2 Å². The molecule has 1 aromatic heterocycles. The molecule has 3 heterocycles. The molecule has 0 bridgehead atoms. The minimum absolute atomic E-state index is 0.194. The molecule has 4 unspecified atom stereocenters. The van der Waals surface area contributed by atoms with Gasteiger partial charge in [0.05, 0.1) is 57.5 Å². The van der Waals surface area contributed by atoms with E-state index in [1.807, 2.05) is 0 Å². The number of aliphatic hydroxyl groups excluding tert-OH is 5. The molecule has 238 valence electrons. The van der Waals surface area contributed by atoms with Crippen molar-refractivity contribution < 1.29 is 63.2 Å². The lowest BCUT2D eigenvalue weighted by Gasteiger charge is -2.44. The third-order valence-corrected chi connectivity index (χ3v) is 7.45. The molecule has 0 saturated carbocycles. The number of methoxy groups -OCH3 is 1. The maximum Gasteiger partial charge on any atom is 0.335 e. The van der Waals surface area contributed by atoms with E-state index >= 15 is 0 Å². The fraction of sp³-hybridized carbons (Fsp3) is 0.760. The standard InChI is InChI=1S/C25H37FN2O14/c1-3-11-14(6-29)40-16(22(35)20(11)33)10-39-8-12-15(7-30)41-17(9-38-2)23(21(12)34)42-19(32)4-18(31)28-5-13(26)24(36)27-25(28)37/h5,11-12,14-17,20-23,29-30,33-35H,3-4,6-10H2,1-2H3,(H,27,36,37)/t11-,12+,14?,15?,16-,17+,20+,21+,22?,23?/m0/s1. The van der Waals surface area contributed by atoms with Crippen LogP contribution in [0.5, 0.6) is 0 Å². The van der Waals surface area contributed by atoms with Gasteiger partial charge >= 0.3 is 11.7 Å². The highest BCUT2D eigenvalue weighted by molar-refractivity contribution is 5.95. The first-order valence-corrected chi connectivity index (χ1v) is 13.3. The molecule has 17 heteroatoms. The average Bonchev–Trinajstić information content (AvgIpc) is 2.95. The van der Waals surface area contributed by atoms with E-state index in [0.717, 1.165) is 0 Å². The molecule has 0 radical (unpaired) electrons. The summed E-state index contributed by atoms with van der Waals surface area (Å²) in [7, 11) is 1.31. The predicted octanol–water partition coefficient (Wildman–Crippen LogP) is -3.47. The number of hydrogen-bond donors (Lipinski definition) is 6. The molecule has 42 heavy (non-hydrogen) atoms. The van der Waals surface area contributed by atoms with Crippen molar-refractivity contribution in [3.63, 3.8) is 0 Å². The second-order valence-electron chi connectivity index (χ2n) is 10.1. The third kappa shape index (κ3) is 7.66. The summed E-state index contributed by atoms with van der Waals surface area (Å²) in [5.41, 5.74) is -2.61.